The molecule has 5 aromatic heterocycles. The minimum absolute atomic E-state index is 0.0334. The van der Waals surface area contributed by atoms with E-state index >= 15 is 0 Å². The van der Waals surface area contributed by atoms with E-state index in [1.165, 1.54) is 98.5 Å². The molecule has 0 unspecified atom stereocenters. The summed E-state index contributed by atoms with van der Waals surface area (Å²) in [4.78, 5) is 125. The number of nitrogens with one attached hydrogen (secondary N) is 2. The topological polar surface area (TPSA) is 473 Å². The molecule has 4 aliphatic carbocycles. The number of ether oxygens (including phenoxy) is 2. The van der Waals surface area contributed by atoms with Crippen molar-refractivity contribution in [2.24, 2.45) is 77.3 Å². The van der Waals surface area contributed by atoms with E-state index in [4.69, 9.17) is 49.2 Å². The number of aromatic nitrogens is 2. The van der Waals surface area contributed by atoms with Gasteiger partial charge in [0.05, 0.1) is 76.3 Å². The van der Waals surface area contributed by atoms with Gasteiger partial charge in [-0.15, -0.1) is 60.4 Å². The molecular formula is C100H97F6N21O9S3. The van der Waals surface area contributed by atoms with Crippen LogP contribution >= 0.6 is 34.0 Å². The number of rotatable bonds is 16. The van der Waals surface area contributed by atoms with Gasteiger partial charge in [0.1, 0.15) is 39.2 Å². The van der Waals surface area contributed by atoms with Gasteiger partial charge in [0, 0.05) is 74.4 Å². The summed E-state index contributed by atoms with van der Waals surface area (Å²) in [5, 5.41) is 43.1. The van der Waals surface area contributed by atoms with Crippen molar-refractivity contribution in [2.75, 3.05) is 35.2 Å². The van der Waals surface area contributed by atoms with Gasteiger partial charge in [-0.05, 0) is 254 Å². The Morgan fingerprint density at radius 1 is 0.396 bits per heavy atom. The molecule has 0 radical (unpaired) electrons. The molecule has 10 aromatic rings. The number of nitrogens with zero attached hydrogens (tertiary/aromatic N) is 14. The van der Waals surface area contributed by atoms with Crippen LogP contribution in [-0.2, 0) is 62.5 Å². The molecular weight excluding hydrogens is 1850 g/mol. The van der Waals surface area contributed by atoms with Crippen molar-refractivity contribution in [1.29, 1.82) is 21.0 Å². The minimum atomic E-state index is -4.85. The van der Waals surface area contributed by atoms with Crippen molar-refractivity contribution < 1.29 is 59.8 Å². The average molecular weight is 1950 g/mol. The SMILES string of the molecule is CN1C(=O)C[C@@](C)(c2cc(-c3cc(C#N)cc(C#N)c3)cs2)N=C1N.CN1C(=O)[C@@H](C2CC2)[C@@](C)(c2cc(-c3ccc(=O)[nH]c3)cs2)N=C1N.CN1C(=O)[C@@H](c2ccc(C3(C#N)CC3)cc2)[C@@](C)(c2cccc(OC(F)(F)F)c2)N=C1N.CN1C(=O)[C@H](C2CC2)[C@@](C)(c2cc(-c3ccc(=O)[nH]c3)cs2)N=C1N.CN1C(=O)[C@H](c2ccc(C3(C#N)CC3)cc2)[C@@](C)(c2cccc(OC(F)(F)F)c2)N=C1N. The number of pyridine rings is 2. The highest BCUT2D eigenvalue weighted by Gasteiger charge is 2.57. The molecule has 5 aromatic carbocycles. The van der Waals surface area contributed by atoms with Gasteiger partial charge < -0.3 is 48.1 Å². The van der Waals surface area contributed by atoms with E-state index in [9.17, 15) is 70.4 Å². The fourth-order valence-electron chi connectivity index (χ4n) is 18.3. The molecule has 4 saturated carbocycles. The van der Waals surface area contributed by atoms with E-state index in [-0.39, 0.29) is 88.7 Å². The first-order chi connectivity index (χ1) is 65.6. The smallest absolute Gasteiger partial charge is 0.406 e. The Labute approximate surface area is 807 Å². The number of hydrogen-bond donors (Lipinski definition) is 7. The summed E-state index contributed by atoms with van der Waals surface area (Å²) < 4.78 is 84.6. The first-order valence-corrected chi connectivity index (χ1v) is 46.8. The zero-order chi connectivity index (χ0) is 100. The minimum Gasteiger partial charge on any atom is -0.406 e. The maximum Gasteiger partial charge on any atom is 0.573 e. The standard InChI is InChI=1S/2C23H21F3N4O2.C18H15N5OS.2C18H20N4O2S/c2*1-21(16-4-3-5-17(12-16)32-23(24,25)26)18(19(31)30(2)20(28)29-21)14-6-8-15(9-7-14)22(13-27)10-11-22;1-18(7-16(24)23(2)17(21)22-18)15-6-14(10-25-15)13-4-11(8-19)3-12(5-13)9-20;2*1-18(15(10-3-4-10)16(24)22(2)17(19)21-18)13-7-12(9-25-13)11-5-6-14(23)20-8-11/h2*3-9,12,18H,10-11H2,1-2H3,(H2,28,29);3-6,10H,7H2,1-2H3,(H2,21,22);2*5-10,15H,3-4H2,1-2H3,(H2,19,21)(H,20,23)/t18-,21+;18-,21-;18-;15-,18+;15-,18-/m01001/s1. The Bertz CT molecular complexity index is 6620. The van der Waals surface area contributed by atoms with Gasteiger partial charge in [-0.25, -0.2) is 25.0 Å². The van der Waals surface area contributed by atoms with Crippen molar-refractivity contribution in [3.05, 3.63) is 266 Å². The summed E-state index contributed by atoms with van der Waals surface area (Å²) in [7, 11) is 7.99. The molecule has 10 heterocycles. The van der Waals surface area contributed by atoms with Crippen LogP contribution in [0.5, 0.6) is 11.5 Å². The molecule has 9 aliphatic rings. The number of H-pyrrole nitrogens is 2. The van der Waals surface area contributed by atoms with Gasteiger partial charge >= 0.3 is 12.7 Å². The molecule has 0 bridgehead atoms. The number of halogens is 6. The number of likely N-dealkylation sites (N-methyl/N-ethyl adjacent to an activating group) is 2. The number of hydrogen-bond acceptors (Lipinski definition) is 26. The summed E-state index contributed by atoms with van der Waals surface area (Å²) in [6.45, 7) is 9.22. The third-order valence-electron chi connectivity index (χ3n) is 27.1. The van der Waals surface area contributed by atoms with Crippen molar-refractivity contribution in [3.8, 4) is 69.2 Å². The predicted octanol–water partition coefficient (Wildman–Crippen LogP) is 14.7. The van der Waals surface area contributed by atoms with Crippen molar-refractivity contribution in [3.63, 3.8) is 0 Å². The van der Waals surface area contributed by atoms with Crippen LogP contribution in [-0.4, -0.2) is 142 Å². The zero-order valence-electron chi connectivity index (χ0n) is 77.0. The van der Waals surface area contributed by atoms with Gasteiger partial charge in [-0.1, -0.05) is 72.8 Å². The quantitative estimate of drug-likeness (QED) is 0.0442. The van der Waals surface area contributed by atoms with E-state index < -0.39 is 74.6 Å². The van der Waals surface area contributed by atoms with Crippen LogP contribution in [0.3, 0.4) is 0 Å². The summed E-state index contributed by atoms with van der Waals surface area (Å²) in [6, 6.07) is 51.7. The third kappa shape index (κ3) is 20.0. The number of nitriles is 4. The van der Waals surface area contributed by atoms with Crippen LogP contribution in [0.15, 0.2) is 221 Å². The Kier molecular flexibility index (Phi) is 26.5. The molecule has 30 nitrogen and oxygen atoms in total. The van der Waals surface area contributed by atoms with Gasteiger partial charge in [-0.3, -0.25) is 58.1 Å². The number of benzene rings is 5. The maximum atomic E-state index is 13.3. The van der Waals surface area contributed by atoms with Crippen LogP contribution in [0.1, 0.15) is 163 Å². The lowest BCUT2D eigenvalue weighted by molar-refractivity contribution is -0.275. The normalized spacial score (nSPS) is 24.4. The van der Waals surface area contributed by atoms with Crippen molar-refractivity contribution in [2.45, 2.75) is 155 Å². The van der Waals surface area contributed by atoms with E-state index in [1.807, 2.05) is 67.2 Å². The number of carbonyl (C=O) groups is 5. The van der Waals surface area contributed by atoms with Gasteiger partial charge in [0.15, 0.2) is 29.8 Å². The first kappa shape index (κ1) is 98.5. The molecule has 139 heavy (non-hydrogen) atoms. The van der Waals surface area contributed by atoms with E-state index in [2.05, 4.69) is 70.8 Å². The number of nitrogens with two attached hydrogens (primary N) is 5. The maximum absolute atomic E-state index is 13.3. The molecule has 9 atom stereocenters. The number of amides is 5. The number of carbonyl (C=O) groups excluding carboxylic acids is 5. The second-order valence-corrected chi connectivity index (χ2v) is 39.5. The number of aliphatic imine (C=N–C) groups is 5. The molecule has 5 amide bonds. The van der Waals surface area contributed by atoms with Crippen LogP contribution in [0.2, 0.25) is 0 Å². The summed E-state index contributed by atoms with van der Waals surface area (Å²) >= 11 is 4.65. The van der Waals surface area contributed by atoms with Crippen LogP contribution in [0, 0.1) is 69.0 Å². The average Bonchev–Trinajstić information content (AvgIpc) is 1.42. The number of guanidine groups is 5. The Hall–Kier alpha value is -15.1. The van der Waals surface area contributed by atoms with Gasteiger partial charge in [0.25, 0.3) is 0 Å². The molecule has 5 aliphatic heterocycles. The molecule has 19 rings (SSSR count). The second kappa shape index (κ2) is 37.4. The highest BCUT2D eigenvalue weighted by atomic mass is 32.1. The lowest BCUT2D eigenvalue weighted by atomic mass is 9.74. The monoisotopic (exact) mass is 1950 g/mol. The van der Waals surface area contributed by atoms with Crippen molar-refractivity contribution >= 4 is 93.3 Å². The number of thiophene rings is 3. The Morgan fingerprint density at radius 2 is 0.741 bits per heavy atom. The lowest BCUT2D eigenvalue weighted by Gasteiger charge is -2.41. The fraction of sp³-hybridized carbons (Fsp3) is 0.340. The van der Waals surface area contributed by atoms with Crippen LogP contribution in [0.25, 0.3) is 33.4 Å². The molecule has 716 valence electrons. The Balaban J connectivity index is 0.000000132. The predicted molar refractivity (Wildman–Crippen MR) is 513 cm³/mol. The van der Waals surface area contributed by atoms with E-state index in [0.29, 0.717) is 45.2 Å². The summed E-state index contributed by atoms with van der Waals surface area (Å²) in [5.41, 5.74) is 34.3. The molecule has 39 heteroatoms. The highest BCUT2D eigenvalue weighted by molar-refractivity contribution is 7.11. The second-order valence-electron chi connectivity index (χ2n) is 36.7. The first-order valence-electron chi connectivity index (χ1n) is 44.1. The van der Waals surface area contributed by atoms with Crippen LogP contribution < -0.4 is 49.3 Å². The van der Waals surface area contributed by atoms with Crippen LogP contribution in [0.4, 0.5) is 26.3 Å². The van der Waals surface area contributed by atoms with Gasteiger partial charge in [-0.2, -0.15) is 21.0 Å². The van der Waals surface area contributed by atoms with E-state index in [0.717, 1.165) is 111 Å². The van der Waals surface area contributed by atoms with Gasteiger partial charge in [0.2, 0.25) is 40.7 Å². The van der Waals surface area contributed by atoms with E-state index in [1.54, 1.807) is 137 Å². The number of alkyl halides is 6. The fourth-order valence-corrected chi connectivity index (χ4v) is 21.5. The zero-order valence-corrected chi connectivity index (χ0v) is 79.5. The molecule has 0 spiro atoms. The van der Waals surface area contributed by atoms with Crippen molar-refractivity contribution in [1.82, 2.24) is 34.5 Å². The highest BCUT2D eigenvalue weighted by Crippen LogP contribution is 2.56. The summed E-state index contributed by atoms with van der Waals surface area (Å²) in [6.07, 6.45) is 1.36. The molecule has 4 fully saturated rings. The Morgan fingerprint density at radius 3 is 1.07 bits per heavy atom. The molecule has 12 N–H and O–H groups in total. The third-order valence-corrected chi connectivity index (χ3v) is 30.6. The number of aromatic amines is 2. The lowest BCUT2D eigenvalue weighted by Crippen LogP contribution is -2.54. The summed E-state index contributed by atoms with van der Waals surface area (Å²) in [5.74, 6) is -2.08. The largest absolute Gasteiger partial charge is 0.573 e. The molecule has 0 saturated heterocycles.